The number of thioether (sulfide) groups is 1. The molecule has 1 aliphatic heterocycles. The van der Waals surface area contributed by atoms with Gasteiger partial charge >= 0.3 is 0 Å². The number of anilines is 2. The zero-order chi connectivity index (χ0) is 23.7. The van der Waals surface area contributed by atoms with E-state index in [2.05, 4.69) is 28.5 Å². The molecule has 1 unspecified atom stereocenters. The number of benzene rings is 1. The van der Waals surface area contributed by atoms with Crippen molar-refractivity contribution < 1.29 is 9.59 Å². The molecule has 0 saturated carbocycles. The minimum atomic E-state index is -0.114. The van der Waals surface area contributed by atoms with Gasteiger partial charge in [-0.15, -0.1) is 21.5 Å². The summed E-state index contributed by atoms with van der Waals surface area (Å²) in [7, 11) is 1.96. The van der Waals surface area contributed by atoms with Crippen LogP contribution in [0.15, 0.2) is 35.5 Å². The number of rotatable bonds is 7. The van der Waals surface area contributed by atoms with E-state index in [1.165, 1.54) is 35.0 Å². The smallest absolute Gasteiger partial charge is 0.234 e. The number of carbonyl (C=O) groups is 2. The van der Waals surface area contributed by atoms with Gasteiger partial charge in [-0.2, -0.15) is 0 Å². The molecule has 1 saturated heterocycles. The van der Waals surface area contributed by atoms with E-state index in [0.717, 1.165) is 53.3 Å². The lowest BCUT2D eigenvalue weighted by Gasteiger charge is -2.19. The Morgan fingerprint density at radius 2 is 2.15 bits per heavy atom. The number of aryl methyl sites for hydroxylation is 1. The number of carbonyl (C=O) groups excluding carboxylic acids is 2. The van der Waals surface area contributed by atoms with Gasteiger partial charge in [-0.05, 0) is 61.4 Å². The Hall–Kier alpha value is -2.65. The van der Waals surface area contributed by atoms with Crippen LogP contribution in [0.3, 0.4) is 0 Å². The third-order valence-corrected chi connectivity index (χ3v) is 8.92. The number of fused-ring (bicyclic) bond motifs is 1. The summed E-state index contributed by atoms with van der Waals surface area (Å²) in [5, 5.41) is 12.4. The number of amides is 2. The van der Waals surface area contributed by atoms with E-state index >= 15 is 0 Å². The Labute approximate surface area is 208 Å². The molecule has 0 spiro atoms. The Kier molecular flexibility index (Phi) is 6.74. The second-order valence-corrected chi connectivity index (χ2v) is 11.1. The zero-order valence-electron chi connectivity index (χ0n) is 19.5. The second kappa shape index (κ2) is 9.92. The SMILES string of the molecule is CCC1CCc2sc(-c3nnc(SCC(=O)Nc4cccc(N5CCCC5=O)c4)n3C)cc2C1. The second-order valence-electron chi connectivity index (χ2n) is 8.98. The average molecular weight is 496 g/mol. The van der Waals surface area contributed by atoms with Crippen molar-refractivity contribution in [1.82, 2.24) is 14.8 Å². The van der Waals surface area contributed by atoms with Gasteiger partial charge in [0.1, 0.15) is 0 Å². The third kappa shape index (κ3) is 4.77. The highest BCUT2D eigenvalue weighted by atomic mass is 32.2. The summed E-state index contributed by atoms with van der Waals surface area (Å²) in [5.41, 5.74) is 2.98. The molecule has 3 aromatic rings. The molecule has 1 atom stereocenters. The van der Waals surface area contributed by atoms with Crippen molar-refractivity contribution in [3.8, 4) is 10.7 Å². The molecule has 2 aliphatic rings. The molecular formula is C25H29N5O2S2. The van der Waals surface area contributed by atoms with E-state index in [1.54, 1.807) is 4.90 Å². The number of hydrogen-bond acceptors (Lipinski definition) is 6. The van der Waals surface area contributed by atoms with E-state index in [1.807, 2.05) is 47.2 Å². The quantitative estimate of drug-likeness (QED) is 0.471. The summed E-state index contributed by atoms with van der Waals surface area (Å²) in [6, 6.07) is 9.75. The summed E-state index contributed by atoms with van der Waals surface area (Å²) in [5.74, 6) is 1.90. The van der Waals surface area contributed by atoms with Gasteiger partial charge in [0.05, 0.1) is 10.6 Å². The Morgan fingerprint density at radius 1 is 1.26 bits per heavy atom. The summed E-state index contributed by atoms with van der Waals surface area (Å²) in [4.78, 5) is 29.0. The van der Waals surface area contributed by atoms with Crippen molar-refractivity contribution in [2.45, 2.75) is 50.6 Å². The van der Waals surface area contributed by atoms with E-state index in [-0.39, 0.29) is 17.6 Å². The lowest BCUT2D eigenvalue weighted by atomic mass is 9.87. The van der Waals surface area contributed by atoms with Gasteiger partial charge in [-0.25, -0.2) is 0 Å². The fraction of sp³-hybridized carbons (Fsp3) is 0.440. The number of nitrogens with one attached hydrogen (secondary N) is 1. The van der Waals surface area contributed by atoms with Crippen LogP contribution in [0.1, 0.15) is 43.0 Å². The Morgan fingerprint density at radius 3 is 2.94 bits per heavy atom. The van der Waals surface area contributed by atoms with Gasteiger partial charge < -0.3 is 14.8 Å². The average Bonchev–Trinajstić information content (AvgIpc) is 3.55. The summed E-state index contributed by atoms with van der Waals surface area (Å²) >= 11 is 3.20. The van der Waals surface area contributed by atoms with Crippen LogP contribution in [0, 0.1) is 5.92 Å². The normalized spacial score (nSPS) is 17.8. The van der Waals surface area contributed by atoms with Crippen LogP contribution >= 0.6 is 23.1 Å². The molecular weight excluding hydrogens is 466 g/mol. The largest absolute Gasteiger partial charge is 0.325 e. The molecule has 1 fully saturated rings. The maximum absolute atomic E-state index is 12.6. The number of nitrogens with zero attached hydrogens (tertiary/aromatic N) is 4. The third-order valence-electron chi connectivity index (χ3n) is 6.66. The molecule has 1 N–H and O–H groups in total. The van der Waals surface area contributed by atoms with Crippen molar-refractivity contribution in [2.24, 2.45) is 13.0 Å². The van der Waals surface area contributed by atoms with Crippen LogP contribution in [-0.4, -0.2) is 38.9 Å². The van der Waals surface area contributed by atoms with Crippen molar-refractivity contribution in [2.75, 3.05) is 22.5 Å². The van der Waals surface area contributed by atoms with Gasteiger partial charge in [-0.1, -0.05) is 31.2 Å². The molecule has 0 bridgehead atoms. The molecule has 0 radical (unpaired) electrons. The van der Waals surface area contributed by atoms with Crippen LogP contribution in [0.4, 0.5) is 11.4 Å². The van der Waals surface area contributed by atoms with E-state index < -0.39 is 0 Å². The Bertz CT molecular complexity index is 1220. The fourth-order valence-electron chi connectivity index (χ4n) is 4.71. The summed E-state index contributed by atoms with van der Waals surface area (Å²) < 4.78 is 1.98. The number of aromatic nitrogens is 3. The van der Waals surface area contributed by atoms with Gasteiger partial charge in [0.25, 0.3) is 0 Å². The van der Waals surface area contributed by atoms with Crippen LogP contribution in [0.5, 0.6) is 0 Å². The highest BCUT2D eigenvalue weighted by Crippen LogP contribution is 2.38. The maximum atomic E-state index is 12.6. The predicted octanol–water partition coefficient (Wildman–Crippen LogP) is 4.92. The van der Waals surface area contributed by atoms with Gasteiger partial charge in [0.2, 0.25) is 11.8 Å². The first-order valence-electron chi connectivity index (χ1n) is 11.9. The monoisotopic (exact) mass is 495 g/mol. The van der Waals surface area contributed by atoms with E-state index in [0.29, 0.717) is 12.1 Å². The van der Waals surface area contributed by atoms with Crippen molar-refractivity contribution >= 4 is 46.3 Å². The highest BCUT2D eigenvalue weighted by Gasteiger charge is 2.23. The molecule has 178 valence electrons. The molecule has 1 aliphatic carbocycles. The number of hydrogen-bond donors (Lipinski definition) is 1. The van der Waals surface area contributed by atoms with E-state index in [9.17, 15) is 9.59 Å². The molecule has 9 heteroatoms. The highest BCUT2D eigenvalue weighted by molar-refractivity contribution is 7.99. The maximum Gasteiger partial charge on any atom is 0.234 e. The van der Waals surface area contributed by atoms with Crippen molar-refractivity contribution in [3.05, 3.63) is 40.8 Å². The minimum absolute atomic E-state index is 0.114. The van der Waals surface area contributed by atoms with Crippen LogP contribution in [0.25, 0.3) is 10.7 Å². The summed E-state index contributed by atoms with van der Waals surface area (Å²) in [6.45, 7) is 3.00. The van der Waals surface area contributed by atoms with Crippen LogP contribution in [-0.2, 0) is 29.5 Å². The molecule has 5 rings (SSSR count). The molecule has 1 aromatic carbocycles. The fourth-order valence-corrected chi connectivity index (χ4v) is 6.65. The molecule has 7 nitrogen and oxygen atoms in total. The van der Waals surface area contributed by atoms with Crippen LogP contribution in [0.2, 0.25) is 0 Å². The van der Waals surface area contributed by atoms with Crippen molar-refractivity contribution in [1.29, 1.82) is 0 Å². The first kappa shape index (κ1) is 23.1. The van der Waals surface area contributed by atoms with Crippen LogP contribution < -0.4 is 10.2 Å². The Balaban J connectivity index is 1.21. The minimum Gasteiger partial charge on any atom is -0.325 e. The summed E-state index contributed by atoms with van der Waals surface area (Å²) in [6.07, 6.45) is 6.29. The van der Waals surface area contributed by atoms with Gasteiger partial charge in [0.15, 0.2) is 11.0 Å². The van der Waals surface area contributed by atoms with Crippen molar-refractivity contribution in [3.63, 3.8) is 0 Å². The topological polar surface area (TPSA) is 80.1 Å². The molecule has 2 aromatic heterocycles. The van der Waals surface area contributed by atoms with E-state index in [4.69, 9.17) is 0 Å². The van der Waals surface area contributed by atoms with Gasteiger partial charge in [0, 0.05) is 36.3 Å². The molecule has 2 amide bonds. The standard InChI is InChI=1S/C25H29N5O2S2/c1-3-16-9-10-20-17(12-16)13-21(34-20)24-27-28-25(29(24)2)33-15-22(31)26-18-6-4-7-19(14-18)30-11-5-8-23(30)32/h4,6-7,13-14,16H,3,5,8-12,15H2,1-2H3,(H,26,31). The number of thiophene rings is 1. The first-order valence-corrected chi connectivity index (χ1v) is 13.7. The zero-order valence-corrected chi connectivity index (χ0v) is 21.2. The molecule has 34 heavy (non-hydrogen) atoms. The molecule has 3 heterocycles. The first-order chi connectivity index (χ1) is 16.5. The van der Waals surface area contributed by atoms with Gasteiger partial charge in [-0.3, -0.25) is 9.59 Å². The predicted molar refractivity (Wildman–Crippen MR) is 138 cm³/mol. The lowest BCUT2D eigenvalue weighted by molar-refractivity contribution is -0.117. The lowest BCUT2D eigenvalue weighted by Crippen LogP contribution is -2.23.